The Bertz CT molecular complexity index is 1770. The Kier molecular flexibility index (Phi) is 12.8. The number of aromatic nitrogens is 2. The highest BCUT2D eigenvalue weighted by Gasteiger charge is 2.38. The summed E-state index contributed by atoms with van der Waals surface area (Å²) in [6.07, 6.45) is 2.53. The van der Waals surface area contributed by atoms with Gasteiger partial charge in [-0.2, -0.15) is 0 Å². The maximum Gasteiger partial charge on any atom is 0.270 e. The van der Waals surface area contributed by atoms with E-state index in [1.54, 1.807) is 24.0 Å². The predicted molar refractivity (Wildman–Crippen MR) is 202 cm³/mol. The lowest BCUT2D eigenvalue weighted by molar-refractivity contribution is -0.130. The molecule has 51 heavy (non-hydrogen) atoms. The molecular formula is C40H50N6O4S. The Morgan fingerprint density at radius 2 is 1.67 bits per heavy atom. The van der Waals surface area contributed by atoms with Crippen molar-refractivity contribution >= 4 is 40.4 Å². The van der Waals surface area contributed by atoms with Crippen molar-refractivity contribution in [1.82, 2.24) is 30.8 Å². The largest absolute Gasteiger partial charge is 0.390 e. The van der Waals surface area contributed by atoms with Crippen LogP contribution in [-0.4, -0.2) is 85.8 Å². The van der Waals surface area contributed by atoms with Crippen molar-refractivity contribution in [3.63, 3.8) is 0 Å². The third kappa shape index (κ3) is 10.8. The summed E-state index contributed by atoms with van der Waals surface area (Å²) in [5.74, 6) is -1.18. The standard InChI is InChI=1S/C40H50N6O4S/c1-26(2)36(44-37(48)31-19-18-28-15-9-10-16-30(28)42-31)39(50)43-32(23-27-13-7-6-8-14-27)34(47)25-46-22-20-29(51-35-17-11-12-21-41-35)24-33(46)38(49)45-40(3,4)5/h6-19,21,26,29,32-34,36,47H,20,22-25H2,1-5H3,(H,43,50)(H,44,48)(H,45,49)/t29?,32?,33?,34?,36-/m0/s1. The van der Waals surface area contributed by atoms with Gasteiger partial charge >= 0.3 is 0 Å². The molecule has 1 aliphatic heterocycles. The number of nitrogens with zero attached hydrogens (tertiary/aromatic N) is 3. The van der Waals surface area contributed by atoms with E-state index in [4.69, 9.17) is 0 Å². The van der Waals surface area contributed by atoms with E-state index in [0.29, 0.717) is 24.9 Å². The molecule has 3 heterocycles. The van der Waals surface area contributed by atoms with E-state index in [0.717, 1.165) is 22.4 Å². The van der Waals surface area contributed by atoms with Crippen LogP contribution >= 0.6 is 11.8 Å². The van der Waals surface area contributed by atoms with Crippen LogP contribution in [0.25, 0.3) is 10.9 Å². The first kappa shape index (κ1) is 37.9. The molecule has 1 aliphatic rings. The number of pyridine rings is 2. The third-order valence-electron chi connectivity index (χ3n) is 8.97. The number of benzene rings is 2. The molecule has 3 amide bonds. The van der Waals surface area contributed by atoms with Gasteiger partial charge in [0.05, 0.1) is 28.7 Å². The predicted octanol–water partition coefficient (Wildman–Crippen LogP) is 5.01. The fourth-order valence-corrected chi connectivity index (χ4v) is 7.48. The molecular weight excluding hydrogens is 661 g/mol. The average molecular weight is 711 g/mol. The minimum absolute atomic E-state index is 0.0884. The lowest BCUT2D eigenvalue weighted by Crippen LogP contribution is -2.60. The maximum absolute atomic E-state index is 14.0. The number of fused-ring (bicyclic) bond motifs is 1. The highest BCUT2D eigenvalue weighted by atomic mass is 32.2. The van der Waals surface area contributed by atoms with E-state index < -0.39 is 41.6 Å². The summed E-state index contributed by atoms with van der Waals surface area (Å²) >= 11 is 1.67. The number of aliphatic hydroxyl groups excluding tert-OH is 1. The minimum atomic E-state index is -1.01. The van der Waals surface area contributed by atoms with Crippen molar-refractivity contribution in [1.29, 1.82) is 0 Å². The monoisotopic (exact) mass is 710 g/mol. The van der Waals surface area contributed by atoms with Crippen molar-refractivity contribution in [2.45, 2.75) is 93.9 Å². The average Bonchev–Trinajstić information content (AvgIpc) is 3.10. The molecule has 2 aromatic heterocycles. The number of hydrogen-bond acceptors (Lipinski definition) is 8. The summed E-state index contributed by atoms with van der Waals surface area (Å²) in [6, 6.07) is 24.5. The van der Waals surface area contributed by atoms with Crippen molar-refractivity contribution in [3.05, 3.63) is 102 Å². The van der Waals surface area contributed by atoms with Gasteiger partial charge in [-0.05, 0) is 75.8 Å². The maximum atomic E-state index is 14.0. The molecule has 5 rings (SSSR count). The summed E-state index contributed by atoms with van der Waals surface area (Å²) in [5.41, 5.74) is 1.43. The van der Waals surface area contributed by atoms with E-state index in [2.05, 4.69) is 25.9 Å². The van der Waals surface area contributed by atoms with Crippen LogP contribution in [0.1, 0.15) is 63.5 Å². The number of amides is 3. The molecule has 4 unspecified atom stereocenters. The van der Waals surface area contributed by atoms with Gasteiger partial charge in [0, 0.05) is 35.5 Å². The molecule has 0 bridgehead atoms. The molecule has 1 saturated heterocycles. The number of carbonyl (C=O) groups is 3. The molecule has 4 N–H and O–H groups in total. The molecule has 1 fully saturated rings. The highest BCUT2D eigenvalue weighted by molar-refractivity contribution is 7.99. The number of likely N-dealkylation sites (tertiary alicyclic amines) is 1. The fraction of sp³-hybridized carbons (Fsp3) is 0.425. The first-order chi connectivity index (χ1) is 24.4. The molecule has 0 saturated carbocycles. The Balaban J connectivity index is 1.33. The van der Waals surface area contributed by atoms with Crippen molar-refractivity contribution in [3.8, 4) is 0 Å². The van der Waals surface area contributed by atoms with Crippen LogP contribution in [0.2, 0.25) is 0 Å². The fourth-order valence-electron chi connectivity index (χ4n) is 6.35. The molecule has 0 aliphatic carbocycles. The van der Waals surface area contributed by atoms with Crippen LogP contribution in [-0.2, 0) is 16.0 Å². The first-order valence-corrected chi connectivity index (χ1v) is 18.6. The lowest BCUT2D eigenvalue weighted by Gasteiger charge is -2.41. The topological polar surface area (TPSA) is 137 Å². The second-order valence-electron chi connectivity index (χ2n) is 14.6. The van der Waals surface area contributed by atoms with Gasteiger partial charge < -0.3 is 21.1 Å². The van der Waals surface area contributed by atoms with E-state index >= 15 is 0 Å². The molecule has 11 heteroatoms. The van der Waals surface area contributed by atoms with Crippen LogP contribution < -0.4 is 16.0 Å². The summed E-state index contributed by atoms with van der Waals surface area (Å²) in [7, 11) is 0. The molecule has 2 aromatic carbocycles. The van der Waals surface area contributed by atoms with Crippen molar-refractivity contribution in [2.24, 2.45) is 5.92 Å². The zero-order chi connectivity index (χ0) is 36.5. The number of thioether (sulfide) groups is 1. The molecule has 270 valence electrons. The van der Waals surface area contributed by atoms with Gasteiger partial charge in [-0.15, -0.1) is 11.8 Å². The van der Waals surface area contributed by atoms with Crippen molar-refractivity contribution < 1.29 is 19.5 Å². The number of para-hydroxylation sites is 1. The number of β-amino-alcohol motifs (C(OH)–C–C–N with tert-alkyl or cyclic N) is 1. The summed E-state index contributed by atoms with van der Waals surface area (Å²) in [6.45, 7) is 10.4. The SMILES string of the molecule is CC(C)[C@H](NC(=O)c1ccc2ccccc2n1)C(=O)NC(Cc1ccccc1)C(O)CN1CCC(Sc2ccccn2)CC1C(=O)NC(C)(C)C. The molecule has 5 atom stereocenters. The number of piperidine rings is 1. The van der Waals surface area contributed by atoms with Crippen LogP contribution in [0, 0.1) is 5.92 Å². The van der Waals surface area contributed by atoms with Gasteiger partial charge in [-0.1, -0.05) is 74.5 Å². The van der Waals surface area contributed by atoms with Crippen LogP contribution in [0.15, 0.2) is 96.2 Å². The Hall–Kier alpha value is -4.32. The van der Waals surface area contributed by atoms with Gasteiger partial charge in [0.25, 0.3) is 5.91 Å². The zero-order valence-corrected chi connectivity index (χ0v) is 30.9. The quantitative estimate of drug-likeness (QED) is 0.152. The van der Waals surface area contributed by atoms with Gasteiger partial charge in [-0.3, -0.25) is 19.3 Å². The second kappa shape index (κ2) is 17.3. The molecule has 0 radical (unpaired) electrons. The number of carbonyl (C=O) groups excluding carboxylic acids is 3. The highest BCUT2D eigenvalue weighted by Crippen LogP contribution is 2.32. The Morgan fingerprint density at radius 1 is 0.941 bits per heavy atom. The third-order valence-corrected chi connectivity index (χ3v) is 10.2. The van der Waals surface area contributed by atoms with Gasteiger partial charge in [0.15, 0.2) is 0 Å². The van der Waals surface area contributed by atoms with Crippen LogP contribution in [0.5, 0.6) is 0 Å². The summed E-state index contributed by atoms with van der Waals surface area (Å²) in [4.78, 5) is 52.1. The van der Waals surface area contributed by atoms with Crippen molar-refractivity contribution in [2.75, 3.05) is 13.1 Å². The number of aliphatic hydroxyl groups is 1. The minimum Gasteiger partial charge on any atom is -0.390 e. The Morgan fingerprint density at radius 3 is 2.37 bits per heavy atom. The first-order valence-electron chi connectivity index (χ1n) is 17.7. The molecule has 10 nitrogen and oxygen atoms in total. The van der Waals surface area contributed by atoms with E-state index in [1.807, 2.05) is 118 Å². The van der Waals surface area contributed by atoms with Gasteiger partial charge in [0.2, 0.25) is 11.8 Å². The summed E-state index contributed by atoms with van der Waals surface area (Å²) < 4.78 is 0. The van der Waals surface area contributed by atoms with E-state index in [9.17, 15) is 19.5 Å². The lowest BCUT2D eigenvalue weighted by atomic mass is 9.95. The number of rotatable bonds is 13. The Labute approximate surface area is 305 Å². The van der Waals surface area contributed by atoms with Gasteiger partial charge in [0.1, 0.15) is 11.7 Å². The normalized spacial score (nSPS) is 18.5. The van der Waals surface area contributed by atoms with Gasteiger partial charge in [-0.25, -0.2) is 9.97 Å². The van der Waals surface area contributed by atoms with E-state index in [-0.39, 0.29) is 29.3 Å². The smallest absolute Gasteiger partial charge is 0.270 e. The van der Waals surface area contributed by atoms with E-state index in [1.165, 1.54) is 0 Å². The number of hydrogen-bond donors (Lipinski definition) is 4. The summed E-state index contributed by atoms with van der Waals surface area (Å²) in [5, 5.41) is 23.0. The zero-order valence-electron chi connectivity index (χ0n) is 30.1. The molecule has 4 aromatic rings. The second-order valence-corrected chi connectivity index (χ2v) is 16.0. The molecule has 0 spiro atoms. The van der Waals surface area contributed by atoms with Crippen LogP contribution in [0.3, 0.4) is 0 Å². The van der Waals surface area contributed by atoms with Crippen LogP contribution in [0.4, 0.5) is 0 Å². The number of nitrogens with one attached hydrogen (secondary N) is 3.